The first-order chi connectivity index (χ1) is 12.3. The second kappa shape index (κ2) is 11.7. The zero-order chi connectivity index (χ0) is 17.7. The molecule has 4 heteroatoms. The molecule has 1 aromatic rings. The average Bonchev–Trinajstić information content (AvgIpc) is 3.02. The molecule has 1 atom stereocenters. The Hall–Kier alpha value is -1.84. The first-order valence-electron chi connectivity index (χ1n) is 9.75. The highest BCUT2D eigenvalue weighted by molar-refractivity contribution is 5.85. The molecule has 1 saturated heterocycles. The van der Waals surface area contributed by atoms with E-state index in [1.807, 2.05) is 0 Å². The number of carbonyl (C=O) groups is 2. The van der Waals surface area contributed by atoms with Crippen LogP contribution in [0, 0.1) is 0 Å². The number of amides is 1. The van der Waals surface area contributed by atoms with Gasteiger partial charge in [-0.2, -0.15) is 0 Å². The Labute approximate surface area is 151 Å². The lowest BCUT2D eigenvalue weighted by atomic mass is 10.0. The standard InChI is InChI=1S/C21H31NO3/c23-20(22-19-16-17-25-21(19)24)15-11-6-4-2-1-3-5-8-12-18-13-9-7-10-14-18/h7,9-10,13-14,19H,1-6,8,11-12,15-17H2,(H,22,23)/t19-/m0/s1. The number of unbranched alkanes of at least 4 members (excludes halogenated alkanes) is 7. The Bertz CT molecular complexity index is 515. The summed E-state index contributed by atoms with van der Waals surface area (Å²) >= 11 is 0. The Balaban J connectivity index is 1.36. The smallest absolute Gasteiger partial charge is 0.328 e. The maximum absolute atomic E-state index is 11.7. The molecule has 1 amide bonds. The lowest BCUT2D eigenvalue weighted by Gasteiger charge is -2.08. The molecule has 0 aliphatic carbocycles. The predicted molar refractivity (Wildman–Crippen MR) is 99.2 cm³/mol. The van der Waals surface area contributed by atoms with Crippen molar-refractivity contribution < 1.29 is 14.3 Å². The van der Waals surface area contributed by atoms with Gasteiger partial charge < -0.3 is 10.1 Å². The monoisotopic (exact) mass is 345 g/mol. The van der Waals surface area contributed by atoms with E-state index in [0.717, 1.165) is 12.8 Å². The van der Waals surface area contributed by atoms with Gasteiger partial charge in [0.25, 0.3) is 0 Å². The van der Waals surface area contributed by atoms with E-state index in [1.165, 1.54) is 50.5 Å². The van der Waals surface area contributed by atoms with Gasteiger partial charge in [-0.3, -0.25) is 4.79 Å². The lowest BCUT2D eigenvalue weighted by Crippen LogP contribution is -2.37. The number of esters is 1. The molecule has 0 aromatic heterocycles. The fraction of sp³-hybridized carbons (Fsp3) is 0.619. The van der Waals surface area contributed by atoms with Gasteiger partial charge in [0.05, 0.1) is 6.61 Å². The van der Waals surface area contributed by atoms with E-state index in [4.69, 9.17) is 4.74 Å². The van der Waals surface area contributed by atoms with Gasteiger partial charge in [-0.25, -0.2) is 4.79 Å². The minimum Gasteiger partial charge on any atom is -0.464 e. The van der Waals surface area contributed by atoms with Crippen molar-refractivity contribution in [3.8, 4) is 0 Å². The first-order valence-corrected chi connectivity index (χ1v) is 9.75. The Morgan fingerprint density at radius 3 is 2.24 bits per heavy atom. The third-order valence-electron chi connectivity index (χ3n) is 4.73. The van der Waals surface area contributed by atoms with Gasteiger partial charge in [-0.1, -0.05) is 68.9 Å². The summed E-state index contributed by atoms with van der Waals surface area (Å²) in [4.78, 5) is 23.0. The van der Waals surface area contributed by atoms with Gasteiger partial charge >= 0.3 is 5.97 Å². The number of carbonyl (C=O) groups excluding carboxylic acids is 2. The first kappa shape index (κ1) is 19.5. The third kappa shape index (κ3) is 8.19. The molecule has 0 spiro atoms. The van der Waals surface area contributed by atoms with Crippen molar-refractivity contribution in [2.45, 2.75) is 76.7 Å². The number of hydrogen-bond acceptors (Lipinski definition) is 3. The topological polar surface area (TPSA) is 55.4 Å². The van der Waals surface area contributed by atoms with Crippen LogP contribution in [-0.2, 0) is 20.7 Å². The minimum absolute atomic E-state index is 0.0234. The van der Waals surface area contributed by atoms with Crippen LogP contribution >= 0.6 is 0 Å². The van der Waals surface area contributed by atoms with E-state index in [-0.39, 0.29) is 11.9 Å². The van der Waals surface area contributed by atoms with E-state index in [9.17, 15) is 9.59 Å². The highest BCUT2D eigenvalue weighted by atomic mass is 16.5. The number of ether oxygens (including phenoxy) is 1. The fourth-order valence-electron chi connectivity index (χ4n) is 3.21. The maximum atomic E-state index is 11.7. The summed E-state index contributed by atoms with van der Waals surface area (Å²) in [6.45, 7) is 0.426. The van der Waals surface area contributed by atoms with Crippen LogP contribution in [0.25, 0.3) is 0 Å². The van der Waals surface area contributed by atoms with Gasteiger partial charge in [-0.05, 0) is 24.8 Å². The number of rotatable bonds is 12. The van der Waals surface area contributed by atoms with E-state index < -0.39 is 6.04 Å². The Kier molecular flexibility index (Phi) is 9.09. The Morgan fingerprint density at radius 2 is 1.60 bits per heavy atom. The number of benzene rings is 1. The van der Waals surface area contributed by atoms with Crippen molar-refractivity contribution in [2.75, 3.05) is 6.61 Å². The molecule has 0 bridgehead atoms. The van der Waals surface area contributed by atoms with Crippen LogP contribution in [0.1, 0.15) is 69.8 Å². The maximum Gasteiger partial charge on any atom is 0.328 e. The Morgan fingerprint density at radius 1 is 0.960 bits per heavy atom. The summed E-state index contributed by atoms with van der Waals surface area (Å²) in [5.41, 5.74) is 1.44. The second-order valence-corrected chi connectivity index (χ2v) is 6.89. The molecule has 1 N–H and O–H groups in total. The van der Waals surface area contributed by atoms with Crippen molar-refractivity contribution in [3.05, 3.63) is 35.9 Å². The number of aryl methyl sites for hydroxylation is 1. The van der Waals surface area contributed by atoms with Gasteiger partial charge in [0.2, 0.25) is 5.91 Å². The van der Waals surface area contributed by atoms with Crippen molar-refractivity contribution >= 4 is 11.9 Å². The molecule has 0 saturated carbocycles. The van der Waals surface area contributed by atoms with E-state index in [0.29, 0.717) is 19.4 Å². The quantitative estimate of drug-likeness (QED) is 0.457. The predicted octanol–water partition coefficient (Wildman–Crippen LogP) is 4.17. The number of cyclic esters (lactones) is 1. The lowest BCUT2D eigenvalue weighted by molar-refractivity contribution is -0.141. The van der Waals surface area contributed by atoms with Crippen LogP contribution in [0.3, 0.4) is 0 Å². The van der Waals surface area contributed by atoms with E-state index >= 15 is 0 Å². The normalized spacial score (nSPS) is 16.6. The number of hydrogen-bond donors (Lipinski definition) is 1. The fourth-order valence-corrected chi connectivity index (χ4v) is 3.21. The van der Waals surface area contributed by atoms with Crippen LogP contribution in [0.15, 0.2) is 30.3 Å². The van der Waals surface area contributed by atoms with Gasteiger partial charge in [0.15, 0.2) is 0 Å². The molecule has 0 unspecified atom stereocenters. The van der Waals surface area contributed by atoms with Crippen LogP contribution in [-0.4, -0.2) is 24.5 Å². The average molecular weight is 345 g/mol. The van der Waals surface area contributed by atoms with Crippen LogP contribution in [0.2, 0.25) is 0 Å². The van der Waals surface area contributed by atoms with E-state index in [1.54, 1.807) is 0 Å². The van der Waals surface area contributed by atoms with Crippen molar-refractivity contribution in [3.63, 3.8) is 0 Å². The molecule has 25 heavy (non-hydrogen) atoms. The van der Waals surface area contributed by atoms with Crippen LogP contribution < -0.4 is 5.32 Å². The molecular weight excluding hydrogens is 314 g/mol. The van der Waals surface area contributed by atoms with Crippen molar-refractivity contribution in [1.82, 2.24) is 5.32 Å². The SMILES string of the molecule is O=C(CCCCCCCCCCc1ccccc1)N[C@H]1CCOC1=O. The number of nitrogens with one attached hydrogen (secondary N) is 1. The van der Waals surface area contributed by atoms with E-state index in [2.05, 4.69) is 35.6 Å². The summed E-state index contributed by atoms with van der Waals surface area (Å²) in [5.74, 6) is -0.314. The van der Waals surface area contributed by atoms with Crippen LogP contribution in [0.4, 0.5) is 0 Å². The van der Waals surface area contributed by atoms with Crippen molar-refractivity contribution in [1.29, 1.82) is 0 Å². The minimum atomic E-state index is -0.414. The zero-order valence-corrected chi connectivity index (χ0v) is 15.2. The van der Waals surface area contributed by atoms with Gasteiger partial charge in [0.1, 0.15) is 6.04 Å². The van der Waals surface area contributed by atoms with Crippen LogP contribution in [0.5, 0.6) is 0 Å². The molecule has 1 aliphatic rings. The summed E-state index contributed by atoms with van der Waals surface area (Å²) < 4.78 is 4.84. The van der Waals surface area contributed by atoms with Crippen molar-refractivity contribution in [2.24, 2.45) is 0 Å². The summed E-state index contributed by atoms with van der Waals surface area (Å²) in [5, 5.41) is 2.75. The highest BCUT2D eigenvalue weighted by Gasteiger charge is 2.27. The van der Waals surface area contributed by atoms with Gasteiger partial charge in [-0.15, -0.1) is 0 Å². The van der Waals surface area contributed by atoms with Gasteiger partial charge in [0, 0.05) is 12.8 Å². The molecule has 1 heterocycles. The molecule has 1 aliphatic heterocycles. The summed E-state index contributed by atoms with van der Waals surface area (Å²) in [7, 11) is 0. The third-order valence-corrected chi connectivity index (χ3v) is 4.73. The molecule has 1 aromatic carbocycles. The molecule has 138 valence electrons. The molecule has 1 fully saturated rings. The molecule has 0 radical (unpaired) electrons. The molecule has 2 rings (SSSR count). The summed E-state index contributed by atoms with van der Waals surface area (Å²) in [6, 6.07) is 10.3. The zero-order valence-electron chi connectivity index (χ0n) is 15.2. The molecule has 4 nitrogen and oxygen atoms in total. The summed E-state index contributed by atoms with van der Waals surface area (Å²) in [6.07, 6.45) is 11.9. The second-order valence-electron chi connectivity index (χ2n) is 6.89. The molecular formula is C21H31NO3. The largest absolute Gasteiger partial charge is 0.464 e. The highest BCUT2D eigenvalue weighted by Crippen LogP contribution is 2.12.